The second-order valence-corrected chi connectivity index (χ2v) is 6.52. The lowest BCUT2D eigenvalue weighted by Gasteiger charge is -2.37. The third-order valence-corrected chi connectivity index (χ3v) is 4.29. The number of amides is 1. The van der Waals surface area contributed by atoms with Gasteiger partial charge in [-0.25, -0.2) is 0 Å². The molecule has 1 aliphatic heterocycles. The number of carbonyl (C=O) groups is 1. The van der Waals surface area contributed by atoms with Gasteiger partial charge >= 0.3 is 0 Å². The first-order chi connectivity index (χ1) is 9.97. The summed E-state index contributed by atoms with van der Waals surface area (Å²) in [6, 6.07) is 7.26. The summed E-state index contributed by atoms with van der Waals surface area (Å²) >= 11 is 0. The number of anilines is 2. The summed E-state index contributed by atoms with van der Waals surface area (Å²) in [5.41, 5.74) is 7.19. The van der Waals surface area contributed by atoms with Crippen LogP contribution in [0.4, 0.5) is 11.4 Å². The van der Waals surface area contributed by atoms with Gasteiger partial charge in [-0.15, -0.1) is 0 Å². The van der Waals surface area contributed by atoms with Crippen molar-refractivity contribution >= 4 is 17.3 Å². The molecule has 0 bridgehead atoms. The van der Waals surface area contributed by atoms with Crippen molar-refractivity contribution in [1.82, 2.24) is 4.90 Å². The summed E-state index contributed by atoms with van der Waals surface area (Å²) in [4.78, 5) is 15.0. The molecule has 116 valence electrons. The van der Waals surface area contributed by atoms with Crippen molar-refractivity contribution in [1.29, 1.82) is 0 Å². The Bertz CT molecular complexity index is 461. The fourth-order valence-corrected chi connectivity index (χ4v) is 2.98. The van der Waals surface area contributed by atoms with Crippen LogP contribution >= 0.6 is 0 Å². The molecule has 1 aromatic rings. The second kappa shape index (κ2) is 6.94. The largest absolute Gasteiger partial charge is 0.399 e. The van der Waals surface area contributed by atoms with Gasteiger partial charge in [0.2, 0.25) is 5.91 Å². The van der Waals surface area contributed by atoms with Gasteiger partial charge in [-0.3, -0.25) is 9.69 Å². The molecule has 1 unspecified atom stereocenters. The molecule has 1 saturated heterocycles. The van der Waals surface area contributed by atoms with Crippen LogP contribution in [-0.4, -0.2) is 29.9 Å². The summed E-state index contributed by atoms with van der Waals surface area (Å²) in [6.07, 6.45) is 2.36. The van der Waals surface area contributed by atoms with Crippen molar-refractivity contribution in [2.45, 2.75) is 39.7 Å². The van der Waals surface area contributed by atoms with Gasteiger partial charge < -0.3 is 11.1 Å². The van der Waals surface area contributed by atoms with E-state index < -0.39 is 0 Å². The highest BCUT2D eigenvalue weighted by atomic mass is 16.2. The van der Waals surface area contributed by atoms with Crippen molar-refractivity contribution in [3.63, 3.8) is 0 Å². The van der Waals surface area contributed by atoms with E-state index >= 15 is 0 Å². The number of likely N-dealkylation sites (tertiary alicyclic amines) is 1. The number of nitrogens with two attached hydrogens (primary N) is 1. The number of carbonyl (C=O) groups excluding carboxylic acids is 1. The smallest absolute Gasteiger partial charge is 0.241 e. The van der Waals surface area contributed by atoms with Crippen LogP contribution in [0.1, 0.15) is 33.6 Å². The Labute approximate surface area is 127 Å². The molecular formula is C17H27N3O. The van der Waals surface area contributed by atoms with Crippen LogP contribution in [0.15, 0.2) is 24.3 Å². The molecule has 1 aromatic carbocycles. The van der Waals surface area contributed by atoms with Gasteiger partial charge in [-0.05, 0) is 62.0 Å². The lowest BCUT2D eigenvalue weighted by molar-refractivity contribution is -0.123. The number of piperidine rings is 1. The van der Waals surface area contributed by atoms with E-state index in [0.29, 0.717) is 11.6 Å². The monoisotopic (exact) mass is 289 g/mol. The molecule has 1 fully saturated rings. The number of nitrogen functional groups attached to an aromatic ring is 1. The maximum atomic E-state index is 12.6. The van der Waals surface area contributed by atoms with Crippen molar-refractivity contribution in [3.8, 4) is 0 Å². The molecule has 0 aliphatic carbocycles. The van der Waals surface area contributed by atoms with Crippen LogP contribution in [0, 0.1) is 11.8 Å². The first kappa shape index (κ1) is 15.8. The number of rotatable bonds is 4. The Hall–Kier alpha value is -1.55. The molecule has 2 rings (SSSR count). The molecule has 4 heteroatoms. The summed E-state index contributed by atoms with van der Waals surface area (Å²) in [6.45, 7) is 8.55. The van der Waals surface area contributed by atoms with Gasteiger partial charge in [-0.2, -0.15) is 0 Å². The Morgan fingerprint density at radius 1 is 1.24 bits per heavy atom. The average Bonchev–Trinajstić information content (AvgIpc) is 2.43. The zero-order chi connectivity index (χ0) is 15.4. The Morgan fingerprint density at radius 2 is 1.81 bits per heavy atom. The van der Waals surface area contributed by atoms with E-state index in [2.05, 4.69) is 31.0 Å². The molecule has 21 heavy (non-hydrogen) atoms. The van der Waals surface area contributed by atoms with Crippen LogP contribution in [0.5, 0.6) is 0 Å². The van der Waals surface area contributed by atoms with E-state index in [1.165, 1.54) is 12.8 Å². The predicted octanol–water partition coefficient (Wildman–Crippen LogP) is 2.96. The van der Waals surface area contributed by atoms with Crippen molar-refractivity contribution in [3.05, 3.63) is 24.3 Å². The number of nitrogens with one attached hydrogen (secondary N) is 1. The summed E-state index contributed by atoms with van der Waals surface area (Å²) in [5, 5.41) is 3.02. The SMILES string of the molecule is CC1CCN(C(C(=O)Nc2ccc(N)cc2)C(C)C)CC1. The quantitative estimate of drug-likeness (QED) is 0.838. The Morgan fingerprint density at radius 3 is 2.33 bits per heavy atom. The van der Waals surface area contributed by atoms with Crippen LogP contribution in [0.2, 0.25) is 0 Å². The van der Waals surface area contributed by atoms with E-state index in [0.717, 1.165) is 24.7 Å². The van der Waals surface area contributed by atoms with Gasteiger partial charge in [0, 0.05) is 11.4 Å². The van der Waals surface area contributed by atoms with E-state index in [1.807, 2.05) is 24.3 Å². The van der Waals surface area contributed by atoms with Crippen molar-refractivity contribution in [2.75, 3.05) is 24.1 Å². The molecule has 1 heterocycles. The third kappa shape index (κ3) is 4.21. The average molecular weight is 289 g/mol. The van der Waals surface area contributed by atoms with E-state index in [1.54, 1.807) is 0 Å². The molecule has 0 aromatic heterocycles. The fraction of sp³-hybridized carbons (Fsp3) is 0.588. The Kier molecular flexibility index (Phi) is 5.23. The molecule has 1 aliphatic rings. The summed E-state index contributed by atoms with van der Waals surface area (Å²) < 4.78 is 0. The van der Waals surface area contributed by atoms with Crippen LogP contribution < -0.4 is 11.1 Å². The highest BCUT2D eigenvalue weighted by Gasteiger charge is 2.31. The third-order valence-electron chi connectivity index (χ3n) is 4.29. The number of hydrogen-bond donors (Lipinski definition) is 2. The minimum Gasteiger partial charge on any atom is -0.399 e. The van der Waals surface area contributed by atoms with E-state index in [-0.39, 0.29) is 11.9 Å². The summed E-state index contributed by atoms with van der Waals surface area (Å²) in [5.74, 6) is 1.16. The van der Waals surface area contributed by atoms with Gasteiger partial charge in [-0.1, -0.05) is 20.8 Å². The lowest BCUT2D eigenvalue weighted by atomic mass is 9.94. The van der Waals surface area contributed by atoms with Crippen LogP contribution in [0.3, 0.4) is 0 Å². The number of hydrogen-bond acceptors (Lipinski definition) is 3. The molecule has 1 atom stereocenters. The molecule has 0 spiro atoms. The lowest BCUT2D eigenvalue weighted by Crippen LogP contribution is -2.50. The van der Waals surface area contributed by atoms with E-state index in [4.69, 9.17) is 5.73 Å². The molecule has 0 saturated carbocycles. The highest BCUT2D eigenvalue weighted by Crippen LogP contribution is 2.22. The molecule has 0 radical (unpaired) electrons. The normalized spacial score (nSPS) is 18.7. The molecular weight excluding hydrogens is 262 g/mol. The topological polar surface area (TPSA) is 58.4 Å². The summed E-state index contributed by atoms with van der Waals surface area (Å²) in [7, 11) is 0. The standard InChI is InChI=1S/C17H27N3O/c1-12(2)16(20-10-8-13(3)9-11-20)17(21)19-15-6-4-14(18)5-7-15/h4-7,12-13,16H,8-11,18H2,1-3H3,(H,19,21). The maximum Gasteiger partial charge on any atom is 0.241 e. The van der Waals surface area contributed by atoms with Gasteiger partial charge in [0.05, 0.1) is 6.04 Å². The van der Waals surface area contributed by atoms with Crippen molar-refractivity contribution < 1.29 is 4.79 Å². The minimum atomic E-state index is -0.0601. The minimum absolute atomic E-state index is 0.0601. The van der Waals surface area contributed by atoms with Crippen LogP contribution in [-0.2, 0) is 4.79 Å². The van der Waals surface area contributed by atoms with Gasteiger partial charge in [0.15, 0.2) is 0 Å². The zero-order valence-electron chi connectivity index (χ0n) is 13.3. The highest BCUT2D eigenvalue weighted by molar-refractivity contribution is 5.95. The Balaban J connectivity index is 2.03. The first-order valence-electron chi connectivity index (χ1n) is 7.88. The van der Waals surface area contributed by atoms with Crippen molar-refractivity contribution in [2.24, 2.45) is 11.8 Å². The van der Waals surface area contributed by atoms with Gasteiger partial charge in [0.25, 0.3) is 0 Å². The maximum absolute atomic E-state index is 12.6. The molecule has 4 nitrogen and oxygen atoms in total. The zero-order valence-corrected chi connectivity index (χ0v) is 13.3. The number of benzene rings is 1. The fourth-order valence-electron chi connectivity index (χ4n) is 2.98. The molecule has 3 N–H and O–H groups in total. The predicted molar refractivity (Wildman–Crippen MR) is 88.1 cm³/mol. The van der Waals surface area contributed by atoms with E-state index in [9.17, 15) is 4.79 Å². The molecule has 1 amide bonds. The number of nitrogens with zero attached hydrogens (tertiary/aromatic N) is 1. The van der Waals surface area contributed by atoms with Crippen LogP contribution in [0.25, 0.3) is 0 Å². The second-order valence-electron chi connectivity index (χ2n) is 6.52. The first-order valence-corrected chi connectivity index (χ1v) is 7.88. The van der Waals surface area contributed by atoms with Gasteiger partial charge in [0.1, 0.15) is 0 Å².